The molecular weight excluding hydrogens is 464 g/mol. The summed E-state index contributed by atoms with van der Waals surface area (Å²) in [6.07, 6.45) is 10.5. The second-order valence-electron chi connectivity index (χ2n) is 8.37. The molecule has 0 unspecified atom stereocenters. The van der Waals surface area contributed by atoms with Crippen molar-refractivity contribution in [3.05, 3.63) is 35.9 Å². The van der Waals surface area contributed by atoms with Crippen molar-refractivity contribution in [3.8, 4) is 0 Å². The van der Waals surface area contributed by atoms with Gasteiger partial charge in [0.15, 0.2) is 0 Å². The van der Waals surface area contributed by atoms with Crippen LogP contribution >= 0.6 is 0 Å². The molecule has 8 heteroatoms. The Morgan fingerprint density at radius 1 is 0.528 bits per heavy atom. The SMILES string of the molecule is CCCCCCCCCCOCCOCCOCCOCCOCCOC(=O)C(=O)c1ccccc1. The molecule has 0 fully saturated rings. The van der Waals surface area contributed by atoms with Crippen molar-refractivity contribution in [2.45, 2.75) is 58.3 Å². The molecule has 1 aromatic carbocycles. The summed E-state index contributed by atoms with van der Waals surface area (Å²) in [7, 11) is 0. The Morgan fingerprint density at radius 2 is 0.944 bits per heavy atom. The Kier molecular flexibility index (Phi) is 22.2. The van der Waals surface area contributed by atoms with Crippen LogP contribution in [0.1, 0.15) is 68.6 Å². The number of carbonyl (C=O) groups excluding carboxylic acids is 2. The molecule has 0 aromatic heterocycles. The van der Waals surface area contributed by atoms with Gasteiger partial charge in [-0.05, 0) is 6.42 Å². The number of hydrogen-bond acceptors (Lipinski definition) is 8. The minimum absolute atomic E-state index is 0.0186. The smallest absolute Gasteiger partial charge is 0.379 e. The molecule has 206 valence electrons. The molecule has 8 nitrogen and oxygen atoms in total. The third kappa shape index (κ3) is 19.4. The van der Waals surface area contributed by atoms with Crippen molar-refractivity contribution < 1.29 is 38.0 Å². The van der Waals surface area contributed by atoms with Crippen LogP contribution in [0.3, 0.4) is 0 Å². The van der Waals surface area contributed by atoms with E-state index < -0.39 is 11.8 Å². The molecule has 0 aliphatic heterocycles. The zero-order chi connectivity index (χ0) is 25.9. The summed E-state index contributed by atoms with van der Waals surface area (Å²) in [6.45, 7) is 7.28. The van der Waals surface area contributed by atoms with E-state index in [2.05, 4.69) is 6.92 Å². The highest BCUT2D eigenvalue weighted by atomic mass is 16.6. The van der Waals surface area contributed by atoms with Crippen molar-refractivity contribution in [1.29, 1.82) is 0 Å². The van der Waals surface area contributed by atoms with Crippen LogP contribution in [-0.4, -0.2) is 84.4 Å². The second kappa shape index (κ2) is 24.8. The molecule has 0 atom stereocenters. The van der Waals surface area contributed by atoms with E-state index >= 15 is 0 Å². The van der Waals surface area contributed by atoms with E-state index in [0.717, 1.165) is 13.0 Å². The van der Waals surface area contributed by atoms with Crippen molar-refractivity contribution in [1.82, 2.24) is 0 Å². The van der Waals surface area contributed by atoms with Gasteiger partial charge in [-0.1, -0.05) is 82.2 Å². The molecule has 0 radical (unpaired) electrons. The van der Waals surface area contributed by atoms with Gasteiger partial charge in [-0.2, -0.15) is 0 Å². The van der Waals surface area contributed by atoms with Gasteiger partial charge in [0, 0.05) is 12.2 Å². The van der Waals surface area contributed by atoms with E-state index in [-0.39, 0.29) is 13.2 Å². The van der Waals surface area contributed by atoms with Crippen LogP contribution in [-0.2, 0) is 33.2 Å². The predicted molar refractivity (Wildman–Crippen MR) is 138 cm³/mol. The maximum Gasteiger partial charge on any atom is 0.379 e. The molecule has 0 N–H and O–H groups in total. The Hall–Kier alpha value is -1.84. The number of benzene rings is 1. The fourth-order valence-corrected chi connectivity index (χ4v) is 3.29. The van der Waals surface area contributed by atoms with Gasteiger partial charge >= 0.3 is 5.97 Å². The summed E-state index contributed by atoms with van der Waals surface area (Å²) >= 11 is 0. The molecular formula is C28H46O8. The number of Topliss-reactive ketones (excluding diaryl/α,β-unsaturated/α-hetero) is 1. The summed E-state index contributed by atoms with van der Waals surface area (Å²) in [6, 6.07) is 8.30. The quantitative estimate of drug-likeness (QED) is 0.0771. The molecule has 0 saturated carbocycles. The van der Waals surface area contributed by atoms with E-state index in [4.69, 9.17) is 28.4 Å². The minimum atomic E-state index is -0.881. The molecule has 1 aromatic rings. The van der Waals surface area contributed by atoms with Gasteiger partial charge in [-0.3, -0.25) is 4.79 Å². The lowest BCUT2D eigenvalue weighted by atomic mass is 10.1. The topological polar surface area (TPSA) is 89.5 Å². The Bertz CT molecular complexity index is 638. The number of carbonyl (C=O) groups is 2. The van der Waals surface area contributed by atoms with E-state index in [9.17, 15) is 9.59 Å². The summed E-state index contributed by atoms with van der Waals surface area (Å²) in [5, 5.41) is 0. The third-order valence-corrected chi connectivity index (χ3v) is 5.31. The van der Waals surface area contributed by atoms with E-state index in [1.807, 2.05) is 0 Å². The van der Waals surface area contributed by atoms with Crippen LogP contribution in [0.4, 0.5) is 0 Å². The summed E-state index contributed by atoms with van der Waals surface area (Å²) in [5.41, 5.74) is 0.309. The predicted octanol–water partition coefficient (Wildman–Crippen LogP) is 4.64. The third-order valence-electron chi connectivity index (χ3n) is 5.31. The zero-order valence-corrected chi connectivity index (χ0v) is 22.1. The average molecular weight is 511 g/mol. The first kappa shape index (κ1) is 32.2. The van der Waals surface area contributed by atoms with Crippen molar-refractivity contribution in [2.24, 2.45) is 0 Å². The molecule has 36 heavy (non-hydrogen) atoms. The highest BCUT2D eigenvalue weighted by Gasteiger charge is 2.16. The second-order valence-corrected chi connectivity index (χ2v) is 8.37. The summed E-state index contributed by atoms with van der Waals surface area (Å²) in [5.74, 6) is -1.54. The molecule has 0 aliphatic rings. The molecule has 0 heterocycles. The Labute approximate surface area is 216 Å². The van der Waals surface area contributed by atoms with Crippen LogP contribution in [0.2, 0.25) is 0 Å². The maximum atomic E-state index is 11.8. The number of unbranched alkanes of at least 4 members (excludes halogenated alkanes) is 7. The Balaban J connectivity index is 1.72. The van der Waals surface area contributed by atoms with Crippen molar-refractivity contribution >= 4 is 11.8 Å². The number of ketones is 1. The fraction of sp³-hybridized carbons (Fsp3) is 0.714. The van der Waals surface area contributed by atoms with Gasteiger partial charge in [0.2, 0.25) is 0 Å². The lowest BCUT2D eigenvalue weighted by Crippen LogP contribution is -2.20. The van der Waals surface area contributed by atoms with E-state index in [1.165, 1.54) is 44.9 Å². The average Bonchev–Trinajstić information content (AvgIpc) is 2.91. The van der Waals surface area contributed by atoms with Gasteiger partial charge in [0.1, 0.15) is 6.61 Å². The van der Waals surface area contributed by atoms with Gasteiger partial charge in [0.05, 0.1) is 59.5 Å². The molecule has 0 amide bonds. The molecule has 0 spiro atoms. The van der Waals surface area contributed by atoms with Crippen molar-refractivity contribution in [2.75, 3.05) is 72.7 Å². The summed E-state index contributed by atoms with van der Waals surface area (Å²) < 4.78 is 32.2. The van der Waals surface area contributed by atoms with Crippen LogP contribution in [0.15, 0.2) is 30.3 Å². The molecule has 1 rings (SSSR count). The van der Waals surface area contributed by atoms with E-state index in [1.54, 1.807) is 30.3 Å². The number of esters is 1. The molecule has 0 saturated heterocycles. The first-order valence-corrected chi connectivity index (χ1v) is 13.4. The first-order chi connectivity index (χ1) is 17.8. The standard InChI is InChI=1S/C28H46O8/c1-2-3-4-5-6-7-8-12-15-31-16-17-32-18-19-33-20-21-34-22-23-35-24-25-36-28(30)27(29)26-13-10-9-11-14-26/h9-11,13-14H,2-8,12,15-25H2,1H3. The number of hydrogen-bond donors (Lipinski definition) is 0. The van der Waals surface area contributed by atoms with Crippen LogP contribution < -0.4 is 0 Å². The maximum absolute atomic E-state index is 11.8. The van der Waals surface area contributed by atoms with Gasteiger partial charge < -0.3 is 28.4 Å². The number of ether oxygens (including phenoxy) is 6. The number of rotatable bonds is 26. The normalized spacial score (nSPS) is 11.0. The Morgan fingerprint density at radius 3 is 1.44 bits per heavy atom. The lowest BCUT2D eigenvalue weighted by molar-refractivity contribution is -0.139. The van der Waals surface area contributed by atoms with E-state index in [0.29, 0.717) is 58.4 Å². The fourth-order valence-electron chi connectivity index (χ4n) is 3.29. The highest BCUT2D eigenvalue weighted by molar-refractivity contribution is 6.40. The first-order valence-electron chi connectivity index (χ1n) is 13.4. The van der Waals surface area contributed by atoms with Gasteiger partial charge in [0.25, 0.3) is 5.78 Å². The lowest BCUT2D eigenvalue weighted by Gasteiger charge is -2.08. The monoisotopic (exact) mass is 510 g/mol. The molecule has 0 aliphatic carbocycles. The zero-order valence-electron chi connectivity index (χ0n) is 22.1. The van der Waals surface area contributed by atoms with Crippen molar-refractivity contribution in [3.63, 3.8) is 0 Å². The van der Waals surface area contributed by atoms with Crippen LogP contribution in [0.5, 0.6) is 0 Å². The summed E-state index contributed by atoms with van der Waals surface area (Å²) in [4.78, 5) is 23.5. The largest absolute Gasteiger partial charge is 0.457 e. The highest BCUT2D eigenvalue weighted by Crippen LogP contribution is 2.08. The van der Waals surface area contributed by atoms with Gasteiger partial charge in [-0.25, -0.2) is 4.79 Å². The van der Waals surface area contributed by atoms with Crippen LogP contribution in [0, 0.1) is 0 Å². The minimum Gasteiger partial charge on any atom is -0.457 e. The molecule has 0 bridgehead atoms. The van der Waals surface area contributed by atoms with Gasteiger partial charge in [-0.15, -0.1) is 0 Å². The van der Waals surface area contributed by atoms with Crippen LogP contribution in [0.25, 0.3) is 0 Å².